The predicted octanol–water partition coefficient (Wildman–Crippen LogP) is 5.30. The fraction of sp³-hybridized carbons (Fsp3) is 0.333. The van der Waals surface area contributed by atoms with Gasteiger partial charge < -0.3 is 10.1 Å². The Kier molecular flexibility index (Phi) is 6.27. The van der Waals surface area contributed by atoms with Gasteiger partial charge in [0.25, 0.3) is 0 Å². The number of hydrogen-bond acceptors (Lipinski definition) is 2. The molecule has 0 unspecified atom stereocenters. The van der Waals surface area contributed by atoms with E-state index in [9.17, 15) is 0 Å². The van der Waals surface area contributed by atoms with Gasteiger partial charge in [-0.2, -0.15) is 0 Å². The summed E-state index contributed by atoms with van der Waals surface area (Å²) in [6.45, 7) is 6.16. The zero-order chi connectivity index (χ0) is 15.1. The monoisotopic (exact) mass is 347 g/mol. The van der Waals surface area contributed by atoms with E-state index in [1.54, 1.807) is 0 Å². The highest BCUT2D eigenvalue weighted by Crippen LogP contribution is 2.29. The van der Waals surface area contributed by atoms with Crippen molar-refractivity contribution < 1.29 is 4.74 Å². The van der Waals surface area contributed by atoms with Crippen LogP contribution in [-0.4, -0.2) is 6.54 Å². The van der Waals surface area contributed by atoms with Crippen molar-refractivity contribution in [1.29, 1.82) is 0 Å². The molecule has 0 radical (unpaired) electrons. The van der Waals surface area contributed by atoms with Crippen molar-refractivity contribution in [3.63, 3.8) is 0 Å². The molecule has 2 nitrogen and oxygen atoms in total. The van der Waals surface area contributed by atoms with Gasteiger partial charge in [-0.3, -0.25) is 0 Å². The summed E-state index contributed by atoms with van der Waals surface area (Å²) in [6, 6.07) is 14.5. The Balaban J connectivity index is 2.14. The zero-order valence-corrected chi connectivity index (χ0v) is 14.2. The van der Waals surface area contributed by atoms with Gasteiger partial charge in [0.05, 0.1) is 0 Å². The van der Waals surface area contributed by atoms with E-state index in [-0.39, 0.29) is 0 Å². The van der Waals surface area contributed by atoms with Crippen molar-refractivity contribution in [3.05, 3.63) is 58.1 Å². The number of hydrogen-bond donors (Lipinski definition) is 1. The molecule has 0 bridgehead atoms. The third-order valence-corrected chi connectivity index (χ3v) is 3.82. The van der Waals surface area contributed by atoms with E-state index in [1.165, 1.54) is 11.1 Å². The Labute approximate surface area is 135 Å². The molecular formula is C18H22BrNO. The molecule has 0 atom stereocenters. The minimum Gasteiger partial charge on any atom is -0.457 e. The lowest BCUT2D eigenvalue weighted by Gasteiger charge is -2.13. The smallest absolute Gasteiger partial charge is 0.133 e. The first-order valence-electron chi connectivity index (χ1n) is 7.49. The number of rotatable bonds is 7. The fourth-order valence-corrected chi connectivity index (χ4v) is 2.43. The second-order valence-corrected chi connectivity index (χ2v) is 5.94. The number of halogens is 1. The van der Waals surface area contributed by atoms with Gasteiger partial charge in [0.15, 0.2) is 0 Å². The van der Waals surface area contributed by atoms with Crippen molar-refractivity contribution in [2.45, 2.75) is 33.2 Å². The molecule has 112 valence electrons. The summed E-state index contributed by atoms with van der Waals surface area (Å²) in [5, 5.41) is 3.42. The molecule has 0 saturated heterocycles. The molecule has 0 aliphatic heterocycles. The highest BCUT2D eigenvalue weighted by atomic mass is 79.9. The standard InChI is InChI=1S/C18H22BrNO/c1-3-11-20-13-15-7-8-16(19)12-18(15)21-17-9-5-14(4-2)6-10-17/h5-10,12,20H,3-4,11,13H2,1-2H3. The Hall–Kier alpha value is -1.32. The van der Waals surface area contributed by atoms with E-state index in [1.807, 2.05) is 18.2 Å². The molecule has 2 aromatic carbocycles. The molecule has 0 fully saturated rings. The lowest BCUT2D eigenvalue weighted by molar-refractivity contribution is 0.472. The van der Waals surface area contributed by atoms with Crippen molar-refractivity contribution in [2.24, 2.45) is 0 Å². The molecule has 0 aliphatic carbocycles. The van der Waals surface area contributed by atoms with Crippen LogP contribution >= 0.6 is 15.9 Å². The van der Waals surface area contributed by atoms with Gasteiger partial charge in [-0.15, -0.1) is 0 Å². The second kappa shape index (κ2) is 8.20. The second-order valence-electron chi connectivity index (χ2n) is 5.03. The topological polar surface area (TPSA) is 21.3 Å². The maximum atomic E-state index is 6.05. The number of ether oxygens (including phenoxy) is 1. The average Bonchev–Trinajstić information content (AvgIpc) is 2.50. The van der Waals surface area contributed by atoms with Crippen LogP contribution in [0.3, 0.4) is 0 Å². The minimum atomic E-state index is 0.823. The molecular weight excluding hydrogens is 326 g/mol. The Bertz CT molecular complexity index is 566. The summed E-state index contributed by atoms with van der Waals surface area (Å²) in [5.41, 5.74) is 2.49. The molecule has 0 spiro atoms. The number of aryl methyl sites for hydroxylation is 1. The summed E-state index contributed by atoms with van der Waals surface area (Å²) in [4.78, 5) is 0. The van der Waals surface area contributed by atoms with Crippen molar-refractivity contribution in [3.8, 4) is 11.5 Å². The molecule has 3 heteroatoms. The molecule has 21 heavy (non-hydrogen) atoms. The Morgan fingerprint density at radius 3 is 2.48 bits per heavy atom. The van der Waals surface area contributed by atoms with Gasteiger partial charge in [0, 0.05) is 16.6 Å². The zero-order valence-electron chi connectivity index (χ0n) is 12.7. The van der Waals surface area contributed by atoms with Crippen LogP contribution in [0.15, 0.2) is 46.9 Å². The maximum absolute atomic E-state index is 6.05. The quantitative estimate of drug-likeness (QED) is 0.685. The molecule has 1 N–H and O–H groups in total. The molecule has 0 heterocycles. The van der Waals surface area contributed by atoms with Gasteiger partial charge in [0.1, 0.15) is 11.5 Å². The lowest BCUT2D eigenvalue weighted by Crippen LogP contribution is -2.14. The van der Waals surface area contributed by atoms with E-state index in [2.05, 4.69) is 59.4 Å². The average molecular weight is 348 g/mol. The van der Waals surface area contributed by atoms with Crippen LogP contribution < -0.4 is 10.1 Å². The van der Waals surface area contributed by atoms with Gasteiger partial charge in [-0.05, 0) is 49.2 Å². The minimum absolute atomic E-state index is 0.823. The summed E-state index contributed by atoms with van der Waals surface area (Å²) in [7, 11) is 0. The predicted molar refractivity (Wildman–Crippen MR) is 92.0 cm³/mol. The van der Waals surface area contributed by atoms with Crippen LogP contribution in [0.1, 0.15) is 31.4 Å². The van der Waals surface area contributed by atoms with E-state index in [4.69, 9.17) is 4.74 Å². The molecule has 2 rings (SSSR count). The maximum Gasteiger partial charge on any atom is 0.133 e. The van der Waals surface area contributed by atoms with E-state index < -0.39 is 0 Å². The van der Waals surface area contributed by atoms with Crippen molar-refractivity contribution in [2.75, 3.05) is 6.54 Å². The summed E-state index contributed by atoms with van der Waals surface area (Å²) < 4.78 is 7.08. The third kappa shape index (κ3) is 4.87. The molecule has 0 amide bonds. The normalized spacial score (nSPS) is 10.6. The van der Waals surface area contributed by atoms with Crippen LogP contribution in [-0.2, 0) is 13.0 Å². The van der Waals surface area contributed by atoms with Crippen LogP contribution in [0, 0.1) is 0 Å². The van der Waals surface area contributed by atoms with Crippen LogP contribution in [0.2, 0.25) is 0 Å². The van der Waals surface area contributed by atoms with E-state index in [0.29, 0.717) is 0 Å². The van der Waals surface area contributed by atoms with Gasteiger partial charge >= 0.3 is 0 Å². The third-order valence-electron chi connectivity index (χ3n) is 3.33. The largest absolute Gasteiger partial charge is 0.457 e. The summed E-state index contributed by atoms with van der Waals surface area (Å²) in [5.74, 6) is 1.78. The van der Waals surface area contributed by atoms with Gasteiger partial charge in [-0.25, -0.2) is 0 Å². The van der Waals surface area contributed by atoms with Gasteiger partial charge in [-0.1, -0.05) is 48.0 Å². The molecule has 0 aliphatic rings. The van der Waals surface area contributed by atoms with Crippen LogP contribution in [0.25, 0.3) is 0 Å². The molecule has 0 saturated carbocycles. The lowest BCUT2D eigenvalue weighted by atomic mass is 10.1. The van der Waals surface area contributed by atoms with Crippen molar-refractivity contribution in [1.82, 2.24) is 5.32 Å². The van der Waals surface area contributed by atoms with E-state index in [0.717, 1.165) is 41.9 Å². The van der Waals surface area contributed by atoms with Crippen LogP contribution in [0.4, 0.5) is 0 Å². The summed E-state index contributed by atoms with van der Waals surface area (Å²) >= 11 is 3.51. The number of nitrogens with one attached hydrogen (secondary N) is 1. The van der Waals surface area contributed by atoms with Gasteiger partial charge in [0.2, 0.25) is 0 Å². The highest BCUT2D eigenvalue weighted by Gasteiger charge is 2.06. The highest BCUT2D eigenvalue weighted by molar-refractivity contribution is 9.10. The fourth-order valence-electron chi connectivity index (χ4n) is 2.09. The first-order chi connectivity index (χ1) is 10.2. The SMILES string of the molecule is CCCNCc1ccc(Br)cc1Oc1ccc(CC)cc1. The first kappa shape index (κ1) is 16.1. The first-order valence-corrected chi connectivity index (χ1v) is 8.28. The van der Waals surface area contributed by atoms with Crippen LogP contribution in [0.5, 0.6) is 11.5 Å². The Morgan fingerprint density at radius 1 is 1.05 bits per heavy atom. The Morgan fingerprint density at radius 2 is 1.81 bits per heavy atom. The number of benzene rings is 2. The van der Waals surface area contributed by atoms with Crippen molar-refractivity contribution >= 4 is 15.9 Å². The summed E-state index contributed by atoms with van der Waals surface area (Å²) in [6.07, 6.45) is 2.18. The molecule has 2 aromatic rings. The van der Waals surface area contributed by atoms with E-state index >= 15 is 0 Å². The molecule has 0 aromatic heterocycles.